The van der Waals surface area contributed by atoms with Gasteiger partial charge in [0, 0.05) is 19.8 Å². The number of benzene rings is 2. The maximum absolute atomic E-state index is 13.8. The molecule has 5 saturated carbocycles. The van der Waals surface area contributed by atoms with Crippen LogP contribution in [-0.4, -0.2) is 24.1 Å². The topological polar surface area (TPSA) is 52.6 Å². The number of carbonyl (C=O) groups excluding carboxylic acids is 2. The summed E-state index contributed by atoms with van der Waals surface area (Å²) in [7, 11) is 0. The number of carbonyl (C=O) groups is 2. The minimum absolute atomic E-state index is 0.0197. The molecule has 0 aromatic heterocycles. The predicted molar refractivity (Wildman–Crippen MR) is 207 cm³/mol. The van der Waals surface area contributed by atoms with E-state index in [4.69, 9.17) is 9.47 Å². The van der Waals surface area contributed by atoms with Gasteiger partial charge in [-0.15, -0.1) is 0 Å². The lowest BCUT2D eigenvalue weighted by molar-refractivity contribution is -0.261. The van der Waals surface area contributed by atoms with Crippen molar-refractivity contribution >= 4 is 43.8 Å². The Balaban J connectivity index is 1.20. The number of ether oxygens (including phenoxy) is 2. The highest BCUT2D eigenvalue weighted by molar-refractivity contribution is 9.10. The monoisotopic (exact) mass is 806 g/mol. The highest BCUT2D eigenvalue weighted by atomic mass is 79.9. The molecule has 0 amide bonds. The lowest BCUT2D eigenvalue weighted by Gasteiger charge is -2.73. The van der Waals surface area contributed by atoms with Crippen LogP contribution in [-0.2, 0) is 9.47 Å². The normalized spacial score (nSPS) is 41.5. The predicted octanol–water partition coefficient (Wildman–Crippen LogP) is 12.2. The van der Waals surface area contributed by atoms with Crippen LogP contribution in [0.4, 0.5) is 0 Å². The number of esters is 2. The Morgan fingerprint density at radius 1 is 0.660 bits per heavy atom. The highest BCUT2D eigenvalue weighted by Crippen LogP contribution is 2.77. The fourth-order valence-corrected chi connectivity index (χ4v) is 13.9. The van der Waals surface area contributed by atoms with E-state index in [2.05, 4.69) is 86.9 Å². The Labute approximate surface area is 317 Å². The molecule has 11 atom stereocenters. The van der Waals surface area contributed by atoms with Crippen LogP contribution in [0.1, 0.15) is 127 Å². The van der Waals surface area contributed by atoms with Crippen LogP contribution >= 0.6 is 31.9 Å². The summed E-state index contributed by atoms with van der Waals surface area (Å²) in [5, 5.41) is 0. The van der Waals surface area contributed by atoms with Gasteiger partial charge in [-0.05, 0) is 159 Å². The van der Waals surface area contributed by atoms with Gasteiger partial charge in [0.25, 0.3) is 0 Å². The minimum atomic E-state index is -0.217. The highest BCUT2D eigenvalue weighted by Gasteiger charge is 2.72. The number of allylic oxidation sites excluding steroid dienone is 1. The number of hydrogen-bond acceptors (Lipinski definition) is 4. The molecule has 5 fully saturated rings. The van der Waals surface area contributed by atoms with E-state index in [0.29, 0.717) is 40.7 Å². The molecule has 0 unspecified atom stereocenters. The van der Waals surface area contributed by atoms with E-state index in [9.17, 15) is 9.59 Å². The average Bonchev–Trinajstić information content (AvgIpc) is 3.42. The summed E-state index contributed by atoms with van der Waals surface area (Å²) in [5.74, 6) is 2.07. The largest absolute Gasteiger partial charge is 0.458 e. The molecule has 0 N–H and O–H groups in total. The lowest BCUT2D eigenvalue weighted by Crippen LogP contribution is -2.68. The maximum atomic E-state index is 13.8. The fourth-order valence-electron chi connectivity index (χ4n) is 13.4. The number of rotatable bonds is 5. The zero-order valence-corrected chi connectivity index (χ0v) is 34.3. The third kappa shape index (κ3) is 5.45. The van der Waals surface area contributed by atoms with Crippen molar-refractivity contribution in [3.05, 3.63) is 80.8 Å². The van der Waals surface area contributed by atoms with Gasteiger partial charge in [0.1, 0.15) is 12.2 Å². The molecule has 4 nitrogen and oxygen atoms in total. The first-order valence-electron chi connectivity index (χ1n) is 19.0. The molecule has 0 saturated heterocycles. The Morgan fingerprint density at radius 3 is 1.76 bits per heavy atom. The lowest BCUT2D eigenvalue weighted by atomic mass is 9.32. The van der Waals surface area contributed by atoms with E-state index in [-0.39, 0.29) is 51.2 Å². The van der Waals surface area contributed by atoms with Crippen molar-refractivity contribution in [3.63, 3.8) is 0 Å². The van der Waals surface area contributed by atoms with E-state index < -0.39 is 0 Å². The second-order valence-electron chi connectivity index (χ2n) is 18.6. The van der Waals surface area contributed by atoms with Crippen LogP contribution < -0.4 is 0 Å². The summed E-state index contributed by atoms with van der Waals surface area (Å²) < 4.78 is 15.0. The SMILES string of the molecule is C=C(C)[C@@H]1CC[C@@]2(C)[C@H]1[C@H]1CC[C@@H]3[C@@]4(C)CC[C@H](OC(=O)c5ccc(Br)cc5)C(C)(C)[C@@H]4CC[C@@]3(C)[C@]1(C)C[C@@H]2OC(=O)c1ccc(Br)cc1. The molecule has 5 aliphatic carbocycles. The van der Waals surface area contributed by atoms with Gasteiger partial charge < -0.3 is 9.47 Å². The fraction of sp³-hybridized carbons (Fsp3) is 0.636. The summed E-state index contributed by atoms with van der Waals surface area (Å²) in [4.78, 5) is 27.2. The standard InChI is InChI=1S/C44H56Br2O4/c1-26(2)31-19-22-42(6)36(50-39(48)28-11-15-30(46)16-12-28)25-44(8)32(37(31)42)17-18-34-41(5)23-21-35(40(3,4)33(41)20-24-43(34,44)7)49-38(47)27-9-13-29(45)14-10-27/h9-16,31-37H,1,17-25H2,2-8H3/t31-,32+,33-,34+,35-,36-,37+,41-,42+,43+,44+/m0/s1. The molecule has 7 rings (SSSR count). The van der Waals surface area contributed by atoms with Crippen LogP contribution in [0, 0.1) is 56.7 Å². The number of halogens is 2. The third-order valence-corrected chi connectivity index (χ3v) is 17.2. The van der Waals surface area contributed by atoms with E-state index >= 15 is 0 Å². The van der Waals surface area contributed by atoms with Crippen molar-refractivity contribution in [1.29, 1.82) is 0 Å². The van der Waals surface area contributed by atoms with E-state index in [1.165, 1.54) is 18.4 Å². The molecule has 0 radical (unpaired) electrons. The number of fused-ring (bicyclic) bond motifs is 7. The second kappa shape index (κ2) is 12.6. The molecule has 50 heavy (non-hydrogen) atoms. The molecule has 6 heteroatoms. The summed E-state index contributed by atoms with van der Waals surface area (Å²) in [6.07, 6.45) is 9.57. The Kier molecular flexibility index (Phi) is 9.18. The van der Waals surface area contributed by atoms with Gasteiger partial charge in [0.05, 0.1) is 11.1 Å². The van der Waals surface area contributed by atoms with Gasteiger partial charge in [-0.3, -0.25) is 0 Å². The first-order valence-corrected chi connectivity index (χ1v) is 20.6. The van der Waals surface area contributed by atoms with Crippen molar-refractivity contribution in [2.45, 2.75) is 118 Å². The van der Waals surface area contributed by atoms with Crippen LogP contribution in [0.15, 0.2) is 69.6 Å². The van der Waals surface area contributed by atoms with Crippen LogP contribution in [0.3, 0.4) is 0 Å². The van der Waals surface area contributed by atoms with Crippen molar-refractivity contribution in [2.24, 2.45) is 56.7 Å². The molecule has 0 spiro atoms. The quantitative estimate of drug-likeness (QED) is 0.223. The van der Waals surface area contributed by atoms with Crippen molar-refractivity contribution in [2.75, 3.05) is 0 Å². The molecule has 2 aromatic rings. The van der Waals surface area contributed by atoms with Gasteiger partial charge >= 0.3 is 11.9 Å². The molecular formula is C44H56Br2O4. The maximum Gasteiger partial charge on any atom is 0.338 e. The molecule has 5 aliphatic rings. The van der Waals surface area contributed by atoms with Crippen LogP contribution in [0.2, 0.25) is 0 Å². The van der Waals surface area contributed by atoms with Crippen molar-refractivity contribution < 1.29 is 19.1 Å². The first-order chi connectivity index (χ1) is 23.5. The molecule has 0 heterocycles. The zero-order chi connectivity index (χ0) is 36.0. The molecule has 0 aliphatic heterocycles. The van der Waals surface area contributed by atoms with E-state index in [0.717, 1.165) is 53.9 Å². The van der Waals surface area contributed by atoms with E-state index in [1.54, 1.807) is 0 Å². The molecule has 270 valence electrons. The summed E-state index contributed by atoms with van der Waals surface area (Å²) in [6.45, 7) is 21.7. The van der Waals surface area contributed by atoms with Gasteiger partial charge in [-0.25, -0.2) is 9.59 Å². The summed E-state index contributed by atoms with van der Waals surface area (Å²) >= 11 is 7.00. The Hall–Kier alpha value is -1.92. The number of hydrogen-bond donors (Lipinski definition) is 0. The summed E-state index contributed by atoms with van der Waals surface area (Å²) in [5.41, 5.74) is 2.58. The van der Waals surface area contributed by atoms with Gasteiger partial charge in [0.2, 0.25) is 0 Å². The zero-order valence-electron chi connectivity index (χ0n) is 31.1. The van der Waals surface area contributed by atoms with Gasteiger partial charge in [-0.2, -0.15) is 0 Å². The average molecular weight is 809 g/mol. The molecule has 2 aromatic carbocycles. The molecular weight excluding hydrogens is 752 g/mol. The Morgan fingerprint density at radius 2 is 1.20 bits per heavy atom. The van der Waals surface area contributed by atoms with E-state index in [1.807, 2.05) is 48.5 Å². The van der Waals surface area contributed by atoms with Crippen LogP contribution in [0.25, 0.3) is 0 Å². The van der Waals surface area contributed by atoms with Crippen molar-refractivity contribution in [1.82, 2.24) is 0 Å². The van der Waals surface area contributed by atoms with Crippen molar-refractivity contribution in [3.8, 4) is 0 Å². The molecule has 0 bridgehead atoms. The third-order valence-electron chi connectivity index (χ3n) is 16.1. The first kappa shape index (κ1) is 36.4. The summed E-state index contributed by atoms with van der Waals surface area (Å²) in [6, 6.07) is 15.1. The van der Waals surface area contributed by atoms with Crippen LogP contribution in [0.5, 0.6) is 0 Å². The van der Waals surface area contributed by atoms with Gasteiger partial charge in [0.15, 0.2) is 0 Å². The minimum Gasteiger partial charge on any atom is -0.458 e. The smallest absolute Gasteiger partial charge is 0.338 e. The Bertz CT molecular complexity index is 1670. The second-order valence-corrected chi connectivity index (χ2v) is 20.4. The van der Waals surface area contributed by atoms with Gasteiger partial charge in [-0.1, -0.05) is 85.6 Å².